The van der Waals surface area contributed by atoms with E-state index >= 15 is 0 Å². The van der Waals surface area contributed by atoms with E-state index in [4.69, 9.17) is 23.9 Å². The highest BCUT2D eigenvalue weighted by Gasteiger charge is 2.66. The minimum atomic E-state index is -1.74. The number of likely N-dealkylation sites (tertiary alicyclic amines) is 1. The number of carbonyl (C=O) groups excluding carboxylic acids is 3. The van der Waals surface area contributed by atoms with Crippen LogP contribution in [0.15, 0.2) is 145 Å². The second-order valence-electron chi connectivity index (χ2n) is 14.2. The van der Waals surface area contributed by atoms with Crippen molar-refractivity contribution in [3.63, 3.8) is 0 Å². The Bertz CT molecular complexity index is 2330. The van der Waals surface area contributed by atoms with E-state index in [0.717, 1.165) is 16.7 Å². The number of methoxy groups -OCH3 is 3. The Labute approximate surface area is 335 Å². The van der Waals surface area contributed by atoms with Crippen LogP contribution in [0.3, 0.4) is 0 Å². The van der Waals surface area contributed by atoms with E-state index < -0.39 is 35.2 Å². The first-order chi connectivity index (χ1) is 28.3. The van der Waals surface area contributed by atoms with E-state index in [2.05, 4.69) is 4.98 Å². The maximum absolute atomic E-state index is 14.7. The van der Waals surface area contributed by atoms with Gasteiger partial charge in [-0.2, -0.15) is 0 Å². The normalized spacial score (nSPS) is 21.4. The van der Waals surface area contributed by atoms with Crippen molar-refractivity contribution in [2.24, 2.45) is 23.7 Å². The van der Waals surface area contributed by atoms with Crippen molar-refractivity contribution in [2.45, 2.75) is 5.60 Å². The third kappa shape index (κ3) is 6.53. The molecule has 2 aliphatic carbocycles. The third-order valence-corrected chi connectivity index (χ3v) is 11.2. The fraction of sp³-hybridized carbons (Fsp3) is 0.213. The van der Waals surface area contributed by atoms with Crippen LogP contribution in [0.25, 0.3) is 11.6 Å². The van der Waals surface area contributed by atoms with E-state index in [9.17, 15) is 19.5 Å². The molecule has 0 spiro atoms. The molecule has 2 aromatic heterocycles. The highest BCUT2D eigenvalue weighted by molar-refractivity contribution is 6.08. The lowest BCUT2D eigenvalue weighted by atomic mass is 9.71. The van der Waals surface area contributed by atoms with Crippen LogP contribution >= 0.6 is 0 Å². The zero-order valence-corrected chi connectivity index (χ0v) is 32.1. The van der Waals surface area contributed by atoms with Gasteiger partial charge in [0.05, 0.1) is 51.1 Å². The van der Waals surface area contributed by atoms with Gasteiger partial charge < -0.3 is 24.1 Å². The van der Waals surface area contributed by atoms with Crippen LogP contribution in [0.2, 0.25) is 0 Å². The predicted octanol–water partition coefficient (Wildman–Crippen LogP) is 6.28. The summed E-state index contributed by atoms with van der Waals surface area (Å²) in [5, 5.41) is 13.1. The number of rotatable bonds is 13. The van der Waals surface area contributed by atoms with Gasteiger partial charge in [0.1, 0.15) is 6.61 Å². The summed E-state index contributed by atoms with van der Waals surface area (Å²) in [5.41, 5.74) is 3.67. The number of carbonyl (C=O) groups is 3. The number of imide groups is 1. The first-order valence-electron chi connectivity index (χ1n) is 18.9. The Hall–Kier alpha value is -6.85. The number of benzene rings is 3. The minimum absolute atomic E-state index is 0.128. The van der Waals surface area contributed by atoms with Gasteiger partial charge in [0.25, 0.3) is 0 Å². The van der Waals surface area contributed by atoms with Gasteiger partial charge in [-0.05, 0) is 70.3 Å². The summed E-state index contributed by atoms with van der Waals surface area (Å²) >= 11 is 0. The Morgan fingerprint density at radius 2 is 1.43 bits per heavy atom. The van der Waals surface area contributed by atoms with Crippen LogP contribution in [0.4, 0.5) is 0 Å². The van der Waals surface area contributed by atoms with Gasteiger partial charge >= 0.3 is 5.97 Å². The minimum Gasteiger partial charge on any atom is -0.493 e. The number of aromatic nitrogens is 2. The number of fused-ring (bicyclic) bond motifs is 5. The molecule has 2 bridgehead atoms. The molecule has 11 heteroatoms. The molecule has 8 rings (SSSR count). The first-order valence-corrected chi connectivity index (χ1v) is 18.9. The lowest BCUT2D eigenvalue weighted by molar-refractivity contribution is -0.145. The molecule has 1 aliphatic heterocycles. The molecule has 1 saturated carbocycles. The fourth-order valence-corrected chi connectivity index (χ4v) is 8.78. The van der Waals surface area contributed by atoms with Crippen LogP contribution in [-0.4, -0.2) is 72.2 Å². The van der Waals surface area contributed by atoms with E-state index in [1.807, 2.05) is 91.0 Å². The highest BCUT2D eigenvalue weighted by Crippen LogP contribution is 2.64. The second kappa shape index (κ2) is 16.0. The smallest absolute Gasteiger partial charge is 0.330 e. The molecule has 3 heterocycles. The molecule has 3 aliphatic rings. The molecule has 3 aromatic carbocycles. The van der Waals surface area contributed by atoms with Crippen LogP contribution in [-0.2, 0) is 24.7 Å². The van der Waals surface area contributed by atoms with Crippen molar-refractivity contribution >= 4 is 29.4 Å². The van der Waals surface area contributed by atoms with Gasteiger partial charge in [-0.1, -0.05) is 78.9 Å². The molecule has 11 nitrogen and oxygen atoms in total. The molecule has 2 amide bonds. The zero-order chi connectivity index (χ0) is 40.4. The number of nitrogens with zero attached hydrogens (tertiary/aromatic N) is 3. The largest absolute Gasteiger partial charge is 0.493 e. The molecule has 0 radical (unpaired) electrons. The van der Waals surface area contributed by atoms with Gasteiger partial charge in [-0.15, -0.1) is 0 Å². The summed E-state index contributed by atoms with van der Waals surface area (Å²) in [7, 11) is 4.50. The van der Waals surface area contributed by atoms with Crippen molar-refractivity contribution in [1.82, 2.24) is 14.9 Å². The molecule has 1 N–H and O–H groups in total. The predicted molar refractivity (Wildman–Crippen MR) is 215 cm³/mol. The van der Waals surface area contributed by atoms with Gasteiger partial charge in [0.2, 0.25) is 17.6 Å². The van der Waals surface area contributed by atoms with Crippen molar-refractivity contribution in [3.05, 3.63) is 173 Å². The van der Waals surface area contributed by atoms with Crippen LogP contribution in [0, 0.1) is 23.7 Å². The third-order valence-electron chi connectivity index (χ3n) is 11.2. The maximum atomic E-state index is 14.7. The topological polar surface area (TPSA) is 137 Å². The molecular formula is C47H41N3O8. The van der Waals surface area contributed by atoms with E-state index in [1.165, 1.54) is 32.3 Å². The molecule has 58 heavy (non-hydrogen) atoms. The number of amides is 2. The average Bonchev–Trinajstić information content (AvgIpc) is 3.89. The van der Waals surface area contributed by atoms with Crippen LogP contribution < -0.4 is 14.2 Å². The van der Waals surface area contributed by atoms with E-state index in [0.29, 0.717) is 45.3 Å². The zero-order valence-electron chi connectivity index (χ0n) is 32.1. The molecule has 292 valence electrons. The number of aliphatic hydroxyl groups is 1. The monoisotopic (exact) mass is 775 g/mol. The van der Waals surface area contributed by atoms with Crippen molar-refractivity contribution in [2.75, 3.05) is 34.5 Å². The lowest BCUT2D eigenvalue weighted by Gasteiger charge is -2.36. The molecule has 1 unspecified atom stereocenters. The van der Waals surface area contributed by atoms with Gasteiger partial charge in [0.15, 0.2) is 17.1 Å². The second-order valence-corrected chi connectivity index (χ2v) is 14.2. The Morgan fingerprint density at radius 3 is 2.05 bits per heavy atom. The number of pyridine rings is 2. The fourth-order valence-electron chi connectivity index (χ4n) is 8.78. The van der Waals surface area contributed by atoms with Gasteiger partial charge in [0, 0.05) is 35.9 Å². The molecule has 5 atom stereocenters. The summed E-state index contributed by atoms with van der Waals surface area (Å²) < 4.78 is 21.7. The highest BCUT2D eigenvalue weighted by atomic mass is 16.5. The maximum Gasteiger partial charge on any atom is 0.330 e. The summed E-state index contributed by atoms with van der Waals surface area (Å²) in [6, 6.07) is 33.5. The number of esters is 1. The van der Waals surface area contributed by atoms with Crippen molar-refractivity contribution in [1.29, 1.82) is 0 Å². The van der Waals surface area contributed by atoms with Gasteiger partial charge in [-0.3, -0.25) is 24.5 Å². The SMILES string of the molecule is COc1cc(/C=C/C(=O)OCCN2C(=O)[C@@H]3[C@@H]4C(C(O)(c5ccccc5)c5ccccn5)=C[C@@H](C4=C(c4ccccc4)c4ccccn4)[C@@H]3C2=O)cc(OC)c1OC. The van der Waals surface area contributed by atoms with Crippen LogP contribution in [0.1, 0.15) is 28.1 Å². The summed E-state index contributed by atoms with van der Waals surface area (Å²) in [4.78, 5) is 52.6. The standard InChI is InChI=1S/C47H41N3O8/c1-55-35-26-29(27-36(56-2)44(35)57-3)20-21-38(51)58-25-24-50-45(52)41-32-28-33(47(54,31-16-8-5-9-17-31)37-19-11-13-23-49-37)42(43(41)46(50)53)40(32)39(30-14-6-4-7-15-30)34-18-10-12-22-48-34/h4-23,26-28,32,41-43,54H,24-25H2,1-3H3/b21-20+,40-39?/t32-,41-,42+,43-,47?/m0/s1. The number of hydrogen-bond donors (Lipinski definition) is 1. The van der Waals surface area contributed by atoms with Crippen molar-refractivity contribution in [3.8, 4) is 17.2 Å². The summed E-state index contributed by atoms with van der Waals surface area (Å²) in [6.45, 7) is -0.337. The Kier molecular flexibility index (Phi) is 10.5. The van der Waals surface area contributed by atoms with E-state index in [-0.39, 0.29) is 25.0 Å². The van der Waals surface area contributed by atoms with Gasteiger partial charge in [-0.25, -0.2) is 4.79 Å². The summed E-state index contributed by atoms with van der Waals surface area (Å²) in [5.74, 6) is -2.94. The molecule has 5 aromatic rings. The quantitative estimate of drug-likeness (QED) is 0.0630. The van der Waals surface area contributed by atoms with Crippen molar-refractivity contribution < 1.29 is 38.4 Å². The number of allylic oxidation sites excluding steroid dienone is 2. The Morgan fingerprint density at radius 1 is 0.793 bits per heavy atom. The average molecular weight is 776 g/mol. The number of hydrogen-bond acceptors (Lipinski definition) is 10. The first kappa shape index (κ1) is 38.0. The summed E-state index contributed by atoms with van der Waals surface area (Å²) in [6.07, 6.45) is 8.12. The Balaban J connectivity index is 1.13. The number of ether oxygens (including phenoxy) is 4. The van der Waals surface area contributed by atoms with Crippen LogP contribution in [0.5, 0.6) is 17.2 Å². The molecule has 1 saturated heterocycles. The van der Waals surface area contributed by atoms with E-state index in [1.54, 1.807) is 42.7 Å². The molecule has 2 fully saturated rings. The molecular weight excluding hydrogens is 735 g/mol. The lowest BCUT2D eigenvalue weighted by Crippen LogP contribution is -2.39.